The fraction of sp³-hybridized carbons (Fsp3) is 0.270. The normalized spacial score (nSPS) is 11.8. The Bertz CT molecular complexity index is 1580. The van der Waals surface area contributed by atoms with Gasteiger partial charge in [-0.05, 0) is 53.8 Å². The summed E-state index contributed by atoms with van der Waals surface area (Å²) in [6.07, 6.45) is 0.617. The predicted molar refractivity (Wildman–Crippen MR) is 175 cm³/mol. The van der Waals surface area contributed by atoms with Gasteiger partial charge in [0.2, 0.25) is 5.91 Å². The molecule has 4 rings (SSSR count). The zero-order valence-corrected chi connectivity index (χ0v) is 25.7. The minimum Gasteiger partial charge on any atom is -0.492 e. The van der Waals surface area contributed by atoms with Crippen LogP contribution in [0, 0.1) is 12.3 Å². The molecule has 1 atom stereocenters. The fourth-order valence-electron chi connectivity index (χ4n) is 4.95. The van der Waals surface area contributed by atoms with E-state index in [1.54, 1.807) is 65.6 Å². The fourth-order valence-corrected chi connectivity index (χ4v) is 4.95. The van der Waals surface area contributed by atoms with Gasteiger partial charge < -0.3 is 20.1 Å². The minimum absolute atomic E-state index is 0.0463. The second kappa shape index (κ2) is 14.5. The van der Waals surface area contributed by atoms with E-state index < -0.39 is 12.0 Å². The summed E-state index contributed by atoms with van der Waals surface area (Å²) < 4.78 is 6.00. The summed E-state index contributed by atoms with van der Waals surface area (Å²) in [5.41, 5.74) is 3.96. The number of carbonyl (C=O) groups is 3. The van der Waals surface area contributed by atoms with Gasteiger partial charge in [0.1, 0.15) is 18.4 Å². The van der Waals surface area contributed by atoms with Crippen LogP contribution >= 0.6 is 0 Å². The van der Waals surface area contributed by atoms with Crippen molar-refractivity contribution < 1.29 is 24.2 Å². The minimum atomic E-state index is -1.02. The molecule has 0 radical (unpaired) electrons. The molecular weight excluding hydrogens is 552 g/mol. The Hall–Kier alpha value is -4.91. The molecule has 0 aliphatic carbocycles. The number of carboxylic acid groups (broad SMARTS) is 1. The molecule has 1 amide bonds. The van der Waals surface area contributed by atoms with Gasteiger partial charge in [0.15, 0.2) is 5.78 Å². The molecular formula is C37H40N2O5. The molecule has 228 valence electrons. The zero-order valence-electron chi connectivity index (χ0n) is 25.7. The highest BCUT2D eigenvalue weighted by molar-refractivity contribution is 6.12. The number of ketones is 1. The first kappa shape index (κ1) is 32.0. The molecule has 1 unspecified atom stereocenters. The van der Waals surface area contributed by atoms with Gasteiger partial charge in [0, 0.05) is 35.3 Å². The highest BCUT2D eigenvalue weighted by Crippen LogP contribution is 2.26. The van der Waals surface area contributed by atoms with Gasteiger partial charge >= 0.3 is 5.97 Å². The Morgan fingerprint density at radius 3 is 2.14 bits per heavy atom. The SMILES string of the molecule is Cc1ccccc1N(CCOc1ccc(CC(Nc2ccccc2C(=O)c2ccccc2)C(=O)O)cc1)C(=O)CC(C)(C)C. The van der Waals surface area contributed by atoms with Crippen LogP contribution in [0.5, 0.6) is 5.75 Å². The van der Waals surface area contributed by atoms with Crippen LogP contribution in [-0.2, 0) is 16.0 Å². The smallest absolute Gasteiger partial charge is 0.326 e. The summed E-state index contributed by atoms with van der Waals surface area (Å²) in [6, 6.07) is 30.0. The zero-order chi connectivity index (χ0) is 31.7. The lowest BCUT2D eigenvalue weighted by atomic mass is 9.91. The molecule has 2 N–H and O–H groups in total. The number of hydrogen-bond donors (Lipinski definition) is 2. The number of amides is 1. The van der Waals surface area contributed by atoms with Crippen LogP contribution < -0.4 is 15.0 Å². The summed E-state index contributed by atoms with van der Waals surface area (Å²) in [5.74, 6) is -0.533. The monoisotopic (exact) mass is 592 g/mol. The van der Waals surface area contributed by atoms with Crippen molar-refractivity contribution in [1.29, 1.82) is 0 Å². The number of rotatable bonds is 13. The maximum Gasteiger partial charge on any atom is 0.326 e. The van der Waals surface area contributed by atoms with E-state index in [-0.39, 0.29) is 23.5 Å². The first-order valence-corrected chi connectivity index (χ1v) is 14.8. The summed E-state index contributed by atoms with van der Waals surface area (Å²) in [7, 11) is 0. The molecule has 4 aromatic carbocycles. The summed E-state index contributed by atoms with van der Waals surface area (Å²) >= 11 is 0. The number of hydrogen-bond acceptors (Lipinski definition) is 5. The van der Waals surface area contributed by atoms with Gasteiger partial charge in [0.05, 0.1) is 6.54 Å². The molecule has 0 bridgehead atoms. The van der Waals surface area contributed by atoms with Crippen molar-refractivity contribution >= 4 is 29.0 Å². The molecule has 0 aliphatic heterocycles. The lowest BCUT2D eigenvalue weighted by Gasteiger charge is -2.28. The Balaban J connectivity index is 1.40. The van der Waals surface area contributed by atoms with Crippen molar-refractivity contribution in [1.82, 2.24) is 0 Å². The van der Waals surface area contributed by atoms with E-state index in [1.165, 1.54) is 0 Å². The quantitative estimate of drug-likeness (QED) is 0.160. The van der Waals surface area contributed by atoms with Crippen LogP contribution in [0.4, 0.5) is 11.4 Å². The average Bonchev–Trinajstić information content (AvgIpc) is 2.99. The van der Waals surface area contributed by atoms with Gasteiger partial charge in [-0.25, -0.2) is 4.79 Å². The van der Waals surface area contributed by atoms with Crippen LogP contribution in [0.2, 0.25) is 0 Å². The topological polar surface area (TPSA) is 95.9 Å². The number of aryl methyl sites for hydroxylation is 1. The number of benzene rings is 4. The maximum absolute atomic E-state index is 13.2. The molecule has 0 saturated heterocycles. The number of anilines is 2. The van der Waals surface area contributed by atoms with E-state index in [9.17, 15) is 19.5 Å². The molecule has 0 fully saturated rings. The van der Waals surface area contributed by atoms with Crippen molar-refractivity contribution in [2.45, 2.75) is 46.6 Å². The van der Waals surface area contributed by atoms with Gasteiger partial charge in [-0.15, -0.1) is 0 Å². The van der Waals surface area contributed by atoms with Crippen LogP contribution in [-0.4, -0.2) is 42.0 Å². The summed E-state index contributed by atoms with van der Waals surface area (Å²) in [5, 5.41) is 13.1. The predicted octanol–water partition coefficient (Wildman–Crippen LogP) is 7.18. The molecule has 0 aliphatic rings. The van der Waals surface area contributed by atoms with Crippen LogP contribution in [0.3, 0.4) is 0 Å². The molecule has 0 aromatic heterocycles. The van der Waals surface area contributed by atoms with Crippen molar-refractivity contribution in [3.8, 4) is 5.75 Å². The van der Waals surface area contributed by atoms with Gasteiger partial charge in [-0.3, -0.25) is 9.59 Å². The molecule has 0 spiro atoms. The number of nitrogens with one attached hydrogen (secondary N) is 1. The van der Waals surface area contributed by atoms with Gasteiger partial charge in [-0.1, -0.05) is 93.6 Å². The van der Waals surface area contributed by atoms with Crippen molar-refractivity contribution in [2.75, 3.05) is 23.4 Å². The van der Waals surface area contributed by atoms with Crippen LogP contribution in [0.15, 0.2) is 103 Å². The summed E-state index contributed by atoms with van der Waals surface area (Å²) in [4.78, 5) is 40.3. The second-order valence-corrected chi connectivity index (χ2v) is 12.0. The third-order valence-electron chi connectivity index (χ3n) is 7.17. The highest BCUT2D eigenvalue weighted by atomic mass is 16.5. The number of carboxylic acids is 1. The Morgan fingerprint density at radius 2 is 1.48 bits per heavy atom. The van der Waals surface area contributed by atoms with E-state index in [2.05, 4.69) is 5.32 Å². The van der Waals surface area contributed by atoms with E-state index in [4.69, 9.17) is 4.74 Å². The molecule has 44 heavy (non-hydrogen) atoms. The largest absolute Gasteiger partial charge is 0.492 e. The first-order chi connectivity index (χ1) is 21.0. The lowest BCUT2D eigenvalue weighted by Crippen LogP contribution is -2.37. The van der Waals surface area contributed by atoms with Crippen molar-refractivity contribution in [3.63, 3.8) is 0 Å². The first-order valence-electron chi connectivity index (χ1n) is 14.8. The number of para-hydroxylation sites is 2. The highest BCUT2D eigenvalue weighted by Gasteiger charge is 2.24. The number of ether oxygens (including phenoxy) is 1. The number of nitrogens with zero attached hydrogens (tertiary/aromatic N) is 1. The van der Waals surface area contributed by atoms with Crippen LogP contribution in [0.1, 0.15) is 54.2 Å². The Labute approximate surface area is 259 Å². The van der Waals surface area contributed by atoms with E-state index in [0.717, 1.165) is 16.8 Å². The second-order valence-electron chi connectivity index (χ2n) is 12.0. The number of carbonyl (C=O) groups excluding carboxylic acids is 2. The standard InChI is InChI=1S/C37H40N2O5/c1-26-12-8-11-17-33(26)39(34(40)25-37(2,3)4)22-23-44-29-20-18-27(19-21-29)24-32(36(42)43)38-31-16-10-9-15-30(31)35(41)28-13-6-5-7-14-28/h5-21,32,38H,22-25H2,1-4H3,(H,42,43). The molecule has 7 heteroatoms. The summed E-state index contributed by atoms with van der Waals surface area (Å²) in [6.45, 7) is 8.83. The van der Waals surface area contributed by atoms with E-state index in [1.807, 2.05) is 70.2 Å². The Kier molecular flexibility index (Phi) is 10.6. The third-order valence-corrected chi connectivity index (χ3v) is 7.17. The van der Waals surface area contributed by atoms with Gasteiger partial charge in [0.25, 0.3) is 0 Å². The van der Waals surface area contributed by atoms with E-state index >= 15 is 0 Å². The molecule has 4 aromatic rings. The third kappa shape index (κ3) is 8.80. The number of aliphatic carboxylic acids is 1. The maximum atomic E-state index is 13.2. The molecule has 7 nitrogen and oxygen atoms in total. The average molecular weight is 593 g/mol. The van der Waals surface area contributed by atoms with Gasteiger partial charge in [-0.2, -0.15) is 0 Å². The van der Waals surface area contributed by atoms with Crippen molar-refractivity contribution in [2.24, 2.45) is 5.41 Å². The van der Waals surface area contributed by atoms with Crippen molar-refractivity contribution in [3.05, 3.63) is 125 Å². The lowest BCUT2D eigenvalue weighted by molar-refractivity contribution is -0.137. The molecule has 0 heterocycles. The van der Waals surface area contributed by atoms with Crippen LogP contribution in [0.25, 0.3) is 0 Å². The van der Waals surface area contributed by atoms with E-state index in [0.29, 0.717) is 42.1 Å². The molecule has 0 saturated carbocycles. The Morgan fingerprint density at radius 1 is 0.841 bits per heavy atom.